The minimum atomic E-state index is -0.433. The van der Waals surface area contributed by atoms with Gasteiger partial charge in [-0.25, -0.2) is 0 Å². The van der Waals surface area contributed by atoms with Crippen LogP contribution in [0.4, 0.5) is 0 Å². The summed E-state index contributed by atoms with van der Waals surface area (Å²) in [6, 6.07) is 5.98. The van der Waals surface area contributed by atoms with E-state index in [-0.39, 0.29) is 11.9 Å². The smallest absolute Gasteiger partial charge is 0.261 e. The monoisotopic (exact) mass is 294 g/mol. The van der Waals surface area contributed by atoms with E-state index in [4.69, 9.17) is 16.3 Å². The molecule has 2 N–H and O–H groups in total. The van der Waals surface area contributed by atoms with Crippen LogP contribution in [0.1, 0.15) is 25.3 Å². The van der Waals surface area contributed by atoms with Crippen LogP contribution in [0, 0.1) is 0 Å². The van der Waals surface area contributed by atoms with Crippen LogP contribution in [0.2, 0.25) is 5.02 Å². The first kappa shape index (κ1) is 13.7. The molecule has 20 heavy (non-hydrogen) atoms. The van der Waals surface area contributed by atoms with Gasteiger partial charge in [0.15, 0.2) is 6.10 Å². The molecule has 1 saturated heterocycles. The summed E-state index contributed by atoms with van der Waals surface area (Å²) < 4.78 is 5.71. The van der Waals surface area contributed by atoms with Crippen LogP contribution in [0.25, 0.3) is 0 Å². The van der Waals surface area contributed by atoms with E-state index in [0.29, 0.717) is 17.5 Å². The van der Waals surface area contributed by atoms with E-state index in [9.17, 15) is 4.79 Å². The Morgan fingerprint density at radius 3 is 3.15 bits per heavy atom. The molecule has 1 aromatic carbocycles. The average molecular weight is 295 g/mol. The molecule has 2 aliphatic rings. The number of amides is 1. The lowest BCUT2D eigenvalue weighted by Crippen LogP contribution is -2.54. The first-order valence-electron chi connectivity index (χ1n) is 7.12. The average Bonchev–Trinajstić information content (AvgIpc) is 2.84. The summed E-state index contributed by atoms with van der Waals surface area (Å²) in [6.45, 7) is 3.13. The molecular formula is C15H19ClN2O2. The molecule has 2 heterocycles. The van der Waals surface area contributed by atoms with Crippen molar-refractivity contribution in [3.8, 4) is 5.75 Å². The Labute approximate surface area is 123 Å². The summed E-state index contributed by atoms with van der Waals surface area (Å²) >= 11 is 5.96. The fourth-order valence-electron chi connectivity index (χ4n) is 2.88. The molecule has 4 nitrogen and oxygen atoms in total. The zero-order chi connectivity index (χ0) is 14.1. The van der Waals surface area contributed by atoms with Gasteiger partial charge in [-0.15, -0.1) is 0 Å². The molecule has 5 heteroatoms. The van der Waals surface area contributed by atoms with Crippen LogP contribution in [0.5, 0.6) is 5.75 Å². The summed E-state index contributed by atoms with van der Waals surface area (Å²) in [5.41, 5.74) is 1.01. The van der Waals surface area contributed by atoms with E-state index >= 15 is 0 Å². The highest BCUT2D eigenvalue weighted by atomic mass is 35.5. The maximum atomic E-state index is 12.3. The summed E-state index contributed by atoms with van der Waals surface area (Å²) in [5.74, 6) is 0.738. The van der Waals surface area contributed by atoms with Crippen LogP contribution < -0.4 is 15.4 Å². The Hall–Kier alpha value is -1.26. The molecule has 0 radical (unpaired) electrons. The van der Waals surface area contributed by atoms with Crippen LogP contribution in [0.3, 0.4) is 0 Å². The van der Waals surface area contributed by atoms with Crippen molar-refractivity contribution in [2.75, 3.05) is 6.54 Å². The fourth-order valence-corrected chi connectivity index (χ4v) is 3.07. The minimum absolute atomic E-state index is 0.0297. The molecule has 1 aromatic rings. The molecule has 0 aromatic heterocycles. The second kappa shape index (κ2) is 5.62. The number of carbonyl (C=O) groups excluding carboxylic acids is 1. The Kier molecular flexibility index (Phi) is 3.85. The second-order valence-corrected chi connectivity index (χ2v) is 6.00. The quantitative estimate of drug-likeness (QED) is 0.876. The van der Waals surface area contributed by atoms with Crippen LogP contribution in [0.15, 0.2) is 18.2 Å². The molecule has 0 bridgehead atoms. The highest BCUT2D eigenvalue weighted by Gasteiger charge is 2.32. The number of rotatable bonds is 2. The fraction of sp³-hybridized carbons (Fsp3) is 0.533. The molecular weight excluding hydrogens is 276 g/mol. The summed E-state index contributed by atoms with van der Waals surface area (Å²) in [6.07, 6.45) is 2.27. The summed E-state index contributed by atoms with van der Waals surface area (Å²) in [5, 5.41) is 7.16. The number of fused-ring (bicyclic) bond motifs is 1. The predicted octanol–water partition coefficient (Wildman–Crippen LogP) is 1.90. The lowest BCUT2D eigenvalue weighted by Gasteiger charge is -2.31. The third-order valence-corrected chi connectivity index (χ3v) is 4.31. The highest BCUT2D eigenvalue weighted by Crippen LogP contribution is 2.31. The Morgan fingerprint density at radius 2 is 2.35 bits per heavy atom. The zero-order valence-electron chi connectivity index (χ0n) is 11.5. The normalized spacial score (nSPS) is 28.6. The van der Waals surface area contributed by atoms with Gasteiger partial charge in [-0.3, -0.25) is 4.79 Å². The van der Waals surface area contributed by atoms with E-state index in [2.05, 4.69) is 17.6 Å². The third kappa shape index (κ3) is 2.76. The van der Waals surface area contributed by atoms with Gasteiger partial charge >= 0.3 is 0 Å². The summed E-state index contributed by atoms with van der Waals surface area (Å²) in [7, 11) is 0. The van der Waals surface area contributed by atoms with Gasteiger partial charge in [-0.1, -0.05) is 11.6 Å². The first-order chi connectivity index (χ1) is 9.63. The third-order valence-electron chi connectivity index (χ3n) is 4.08. The van der Waals surface area contributed by atoms with Gasteiger partial charge in [-0.05, 0) is 50.1 Å². The van der Waals surface area contributed by atoms with Crippen molar-refractivity contribution in [3.63, 3.8) is 0 Å². The highest BCUT2D eigenvalue weighted by molar-refractivity contribution is 6.30. The molecule has 1 fully saturated rings. The predicted molar refractivity (Wildman–Crippen MR) is 78.2 cm³/mol. The molecule has 1 amide bonds. The standard InChI is InChI=1S/C15H19ClN2O2/c1-9-12(3-2-6-17-9)18-15(19)14-8-10-7-11(16)4-5-13(10)20-14/h4-5,7,9,12,14,17H,2-3,6,8H2,1H3,(H,18,19). The molecule has 0 saturated carbocycles. The van der Waals surface area contributed by atoms with Crippen molar-refractivity contribution in [1.29, 1.82) is 0 Å². The first-order valence-corrected chi connectivity index (χ1v) is 7.50. The van der Waals surface area contributed by atoms with Gasteiger partial charge in [-0.2, -0.15) is 0 Å². The van der Waals surface area contributed by atoms with Gasteiger partial charge in [0, 0.05) is 23.5 Å². The molecule has 3 atom stereocenters. The van der Waals surface area contributed by atoms with E-state index < -0.39 is 6.10 Å². The number of benzene rings is 1. The number of halogens is 1. The van der Waals surface area contributed by atoms with Crippen molar-refractivity contribution < 1.29 is 9.53 Å². The molecule has 2 aliphatic heterocycles. The largest absolute Gasteiger partial charge is 0.480 e. The second-order valence-electron chi connectivity index (χ2n) is 5.56. The van der Waals surface area contributed by atoms with Crippen LogP contribution in [-0.4, -0.2) is 30.6 Å². The number of hydrogen-bond donors (Lipinski definition) is 2. The molecule has 108 valence electrons. The van der Waals surface area contributed by atoms with Crippen LogP contribution >= 0.6 is 11.6 Å². The Morgan fingerprint density at radius 1 is 1.50 bits per heavy atom. The van der Waals surface area contributed by atoms with Crippen LogP contribution in [-0.2, 0) is 11.2 Å². The maximum absolute atomic E-state index is 12.3. The van der Waals surface area contributed by atoms with Crippen molar-refractivity contribution in [3.05, 3.63) is 28.8 Å². The zero-order valence-corrected chi connectivity index (χ0v) is 12.2. The van der Waals surface area contributed by atoms with E-state index in [1.54, 1.807) is 6.07 Å². The Bertz CT molecular complexity index is 521. The van der Waals surface area contributed by atoms with Crippen molar-refractivity contribution in [2.24, 2.45) is 0 Å². The lowest BCUT2D eigenvalue weighted by atomic mass is 9.99. The number of piperidine rings is 1. The summed E-state index contributed by atoms with van der Waals surface area (Å²) in [4.78, 5) is 12.3. The van der Waals surface area contributed by atoms with Crippen molar-refractivity contribution in [2.45, 2.75) is 44.4 Å². The van der Waals surface area contributed by atoms with Gasteiger partial charge in [0.05, 0.1) is 0 Å². The number of hydrogen-bond acceptors (Lipinski definition) is 3. The lowest BCUT2D eigenvalue weighted by molar-refractivity contribution is -0.128. The molecule has 3 rings (SSSR count). The van der Waals surface area contributed by atoms with Crippen molar-refractivity contribution >= 4 is 17.5 Å². The maximum Gasteiger partial charge on any atom is 0.261 e. The number of ether oxygens (including phenoxy) is 1. The topological polar surface area (TPSA) is 50.4 Å². The number of carbonyl (C=O) groups is 1. The Balaban J connectivity index is 1.62. The van der Waals surface area contributed by atoms with Crippen molar-refractivity contribution in [1.82, 2.24) is 10.6 Å². The molecule has 0 spiro atoms. The molecule has 3 unspecified atom stereocenters. The van der Waals surface area contributed by atoms with Gasteiger partial charge in [0.2, 0.25) is 0 Å². The minimum Gasteiger partial charge on any atom is -0.480 e. The van der Waals surface area contributed by atoms with E-state index in [0.717, 1.165) is 30.7 Å². The number of nitrogens with one attached hydrogen (secondary N) is 2. The van der Waals surface area contributed by atoms with Gasteiger partial charge in [0.1, 0.15) is 5.75 Å². The van der Waals surface area contributed by atoms with E-state index in [1.807, 2.05) is 12.1 Å². The van der Waals surface area contributed by atoms with Gasteiger partial charge < -0.3 is 15.4 Å². The van der Waals surface area contributed by atoms with Gasteiger partial charge in [0.25, 0.3) is 5.91 Å². The molecule has 0 aliphatic carbocycles. The SMILES string of the molecule is CC1NCCCC1NC(=O)C1Cc2cc(Cl)ccc2O1. The van der Waals surface area contributed by atoms with E-state index in [1.165, 1.54) is 0 Å².